The molecule has 0 aliphatic heterocycles. The van der Waals surface area contributed by atoms with E-state index in [9.17, 15) is 0 Å². The lowest BCUT2D eigenvalue weighted by molar-refractivity contribution is 0.895. The number of hydrogen-bond donors (Lipinski definition) is 2. The lowest BCUT2D eigenvalue weighted by Crippen LogP contribution is -2.02. The molecule has 114 valence electrons. The van der Waals surface area contributed by atoms with E-state index in [1.54, 1.807) is 0 Å². The van der Waals surface area contributed by atoms with Crippen LogP contribution in [-0.4, -0.2) is 11.5 Å². The third kappa shape index (κ3) is 4.50. The summed E-state index contributed by atoms with van der Waals surface area (Å²) in [6, 6.07) is 0. The Kier molecular flexibility index (Phi) is 8.22. The number of rotatable bonds is 8. The Hall–Kier alpha value is -0.000000000000000111. The summed E-state index contributed by atoms with van der Waals surface area (Å²) in [6.07, 6.45) is 4.82. The van der Waals surface area contributed by atoms with Gasteiger partial charge in [-0.05, 0) is 52.8 Å². The minimum atomic E-state index is 0.829. The van der Waals surface area contributed by atoms with Crippen LogP contribution in [0.5, 0.6) is 0 Å². The Morgan fingerprint density at radius 1 is 0.900 bits per heavy atom. The zero-order valence-corrected chi connectivity index (χ0v) is 15.8. The molecule has 0 spiro atoms. The topological polar surface area (TPSA) is 52.0 Å². The third-order valence-corrected chi connectivity index (χ3v) is 6.91. The van der Waals surface area contributed by atoms with Gasteiger partial charge in [0.05, 0.1) is 11.4 Å². The highest BCUT2D eigenvalue weighted by Crippen LogP contribution is 2.46. The summed E-state index contributed by atoms with van der Waals surface area (Å²) in [4.78, 5) is 2.31. The Bertz CT molecular complexity index is 413. The largest absolute Gasteiger partial charge is 0.398 e. The SMILES string of the molecule is CCCCSc1c(N)c(C)c(N)c(SCCCC)c1Br. The fourth-order valence-corrected chi connectivity index (χ4v) is 5.27. The first kappa shape index (κ1) is 18.1. The molecule has 20 heavy (non-hydrogen) atoms. The van der Waals surface area contributed by atoms with Crippen molar-refractivity contribution in [2.45, 2.75) is 56.2 Å². The van der Waals surface area contributed by atoms with Crippen molar-refractivity contribution in [3.8, 4) is 0 Å². The smallest absolute Gasteiger partial charge is 0.0515 e. The van der Waals surface area contributed by atoms with Crippen molar-refractivity contribution in [3.63, 3.8) is 0 Å². The molecule has 0 saturated carbocycles. The normalized spacial score (nSPS) is 11.0. The van der Waals surface area contributed by atoms with Gasteiger partial charge in [-0.2, -0.15) is 0 Å². The average molecular weight is 377 g/mol. The van der Waals surface area contributed by atoms with Gasteiger partial charge in [-0.1, -0.05) is 26.7 Å². The summed E-state index contributed by atoms with van der Waals surface area (Å²) >= 11 is 7.39. The minimum absolute atomic E-state index is 0.829. The summed E-state index contributed by atoms with van der Waals surface area (Å²) in [5.41, 5.74) is 15.2. The van der Waals surface area contributed by atoms with Gasteiger partial charge in [0.1, 0.15) is 0 Å². The molecular weight excluding hydrogens is 352 g/mol. The van der Waals surface area contributed by atoms with E-state index in [1.807, 2.05) is 30.4 Å². The molecule has 0 heterocycles. The van der Waals surface area contributed by atoms with Crippen LogP contribution in [0.25, 0.3) is 0 Å². The molecule has 1 aromatic rings. The molecule has 4 N–H and O–H groups in total. The van der Waals surface area contributed by atoms with Crippen molar-refractivity contribution in [1.29, 1.82) is 0 Å². The van der Waals surface area contributed by atoms with Crippen LogP contribution >= 0.6 is 39.5 Å². The predicted octanol–water partition coefficient (Wildman–Crippen LogP) is 5.71. The Morgan fingerprint density at radius 3 is 1.65 bits per heavy atom. The Balaban J connectivity index is 3.04. The first-order valence-corrected chi connectivity index (χ1v) is 9.93. The second-order valence-corrected chi connectivity index (χ2v) is 7.83. The molecule has 0 aliphatic rings. The summed E-state index contributed by atoms with van der Waals surface area (Å²) in [6.45, 7) is 6.43. The van der Waals surface area contributed by atoms with Crippen LogP contribution in [0.3, 0.4) is 0 Å². The molecule has 1 rings (SSSR count). The van der Waals surface area contributed by atoms with Crippen LogP contribution in [-0.2, 0) is 0 Å². The zero-order valence-electron chi connectivity index (χ0n) is 12.6. The standard InChI is InChI=1S/C15H25BrN2S2/c1-4-6-8-19-14-11(16)15(20-9-7-5-2)13(18)10(3)12(14)17/h4-9,17-18H2,1-3H3. The van der Waals surface area contributed by atoms with Crippen LogP contribution < -0.4 is 11.5 Å². The van der Waals surface area contributed by atoms with E-state index in [4.69, 9.17) is 11.5 Å². The molecule has 0 bridgehead atoms. The van der Waals surface area contributed by atoms with Gasteiger partial charge < -0.3 is 11.5 Å². The molecule has 0 fully saturated rings. The van der Waals surface area contributed by atoms with E-state index in [-0.39, 0.29) is 0 Å². The predicted molar refractivity (Wildman–Crippen MR) is 99.0 cm³/mol. The van der Waals surface area contributed by atoms with Crippen molar-refractivity contribution >= 4 is 50.8 Å². The summed E-state index contributed by atoms with van der Waals surface area (Å²) < 4.78 is 1.08. The number of thioether (sulfide) groups is 2. The number of halogens is 1. The van der Waals surface area contributed by atoms with Crippen LogP contribution in [0.4, 0.5) is 11.4 Å². The molecule has 0 radical (unpaired) electrons. The molecule has 0 amide bonds. The lowest BCUT2D eigenvalue weighted by atomic mass is 10.1. The van der Waals surface area contributed by atoms with Crippen LogP contribution in [0, 0.1) is 6.92 Å². The molecule has 2 nitrogen and oxygen atoms in total. The van der Waals surface area contributed by atoms with Crippen molar-refractivity contribution < 1.29 is 0 Å². The molecule has 1 aromatic carbocycles. The van der Waals surface area contributed by atoms with Crippen molar-refractivity contribution in [3.05, 3.63) is 10.0 Å². The van der Waals surface area contributed by atoms with Crippen molar-refractivity contribution in [2.24, 2.45) is 0 Å². The Morgan fingerprint density at radius 2 is 1.30 bits per heavy atom. The number of nitrogen functional groups attached to an aromatic ring is 2. The maximum atomic E-state index is 6.25. The van der Waals surface area contributed by atoms with Gasteiger partial charge in [0, 0.05) is 14.3 Å². The van der Waals surface area contributed by atoms with Gasteiger partial charge in [-0.15, -0.1) is 23.5 Å². The van der Waals surface area contributed by atoms with Crippen molar-refractivity contribution in [2.75, 3.05) is 23.0 Å². The van der Waals surface area contributed by atoms with Crippen LogP contribution in [0.15, 0.2) is 14.3 Å². The van der Waals surface area contributed by atoms with E-state index < -0.39 is 0 Å². The molecule has 5 heteroatoms. The fraction of sp³-hybridized carbons (Fsp3) is 0.600. The summed E-state index contributed by atoms with van der Waals surface area (Å²) in [5.74, 6) is 2.20. The van der Waals surface area contributed by atoms with E-state index in [0.29, 0.717) is 0 Å². The van der Waals surface area contributed by atoms with Gasteiger partial charge in [-0.3, -0.25) is 0 Å². The van der Waals surface area contributed by atoms with E-state index in [0.717, 1.165) is 42.7 Å². The quantitative estimate of drug-likeness (QED) is 0.346. The number of nitrogens with two attached hydrogens (primary N) is 2. The van der Waals surface area contributed by atoms with Crippen LogP contribution in [0.2, 0.25) is 0 Å². The molecule has 0 aromatic heterocycles. The summed E-state index contributed by atoms with van der Waals surface area (Å²) in [5, 5.41) is 0. The van der Waals surface area contributed by atoms with E-state index in [2.05, 4.69) is 29.8 Å². The monoisotopic (exact) mass is 376 g/mol. The van der Waals surface area contributed by atoms with Crippen molar-refractivity contribution in [1.82, 2.24) is 0 Å². The van der Waals surface area contributed by atoms with E-state index in [1.165, 1.54) is 25.7 Å². The lowest BCUT2D eigenvalue weighted by Gasteiger charge is -2.18. The van der Waals surface area contributed by atoms with Crippen LogP contribution in [0.1, 0.15) is 45.1 Å². The zero-order chi connectivity index (χ0) is 15.1. The number of hydrogen-bond acceptors (Lipinski definition) is 4. The van der Waals surface area contributed by atoms with E-state index >= 15 is 0 Å². The first-order valence-electron chi connectivity index (χ1n) is 7.17. The van der Waals surface area contributed by atoms with Gasteiger partial charge in [0.25, 0.3) is 0 Å². The highest BCUT2D eigenvalue weighted by molar-refractivity contribution is 9.10. The van der Waals surface area contributed by atoms with Gasteiger partial charge in [0.15, 0.2) is 0 Å². The molecule has 0 aliphatic carbocycles. The van der Waals surface area contributed by atoms with Gasteiger partial charge in [0.2, 0.25) is 0 Å². The first-order chi connectivity index (χ1) is 9.54. The fourth-order valence-electron chi connectivity index (χ4n) is 1.74. The third-order valence-electron chi connectivity index (χ3n) is 3.18. The maximum Gasteiger partial charge on any atom is 0.0515 e. The summed E-state index contributed by atoms with van der Waals surface area (Å²) in [7, 11) is 0. The molecule has 0 atom stereocenters. The van der Waals surface area contributed by atoms with Gasteiger partial charge in [-0.25, -0.2) is 0 Å². The number of anilines is 2. The average Bonchev–Trinajstić information content (AvgIpc) is 2.44. The molecule has 0 unspecified atom stereocenters. The highest BCUT2D eigenvalue weighted by atomic mass is 79.9. The highest BCUT2D eigenvalue weighted by Gasteiger charge is 2.17. The number of benzene rings is 1. The van der Waals surface area contributed by atoms with Gasteiger partial charge >= 0.3 is 0 Å². The second-order valence-electron chi connectivity index (χ2n) is 4.83. The second kappa shape index (κ2) is 9.11. The minimum Gasteiger partial charge on any atom is -0.398 e. The molecular formula is C15H25BrN2S2. The maximum absolute atomic E-state index is 6.25. The molecule has 0 saturated heterocycles. The number of unbranched alkanes of at least 4 members (excludes halogenated alkanes) is 2. The Labute approximate surface area is 140 Å².